The molecule has 0 radical (unpaired) electrons. The Morgan fingerprint density at radius 3 is 2.58 bits per heavy atom. The molecule has 3 nitrogen and oxygen atoms in total. The van der Waals surface area contributed by atoms with Crippen molar-refractivity contribution in [1.82, 2.24) is 9.80 Å². The number of hydrogen-bond donors (Lipinski definition) is 1. The van der Waals surface area contributed by atoms with Crippen LogP contribution in [0.15, 0.2) is 30.3 Å². The van der Waals surface area contributed by atoms with Crippen LogP contribution in [0, 0.1) is 0 Å². The van der Waals surface area contributed by atoms with E-state index >= 15 is 0 Å². The van der Waals surface area contributed by atoms with Gasteiger partial charge < -0.3 is 5.73 Å². The van der Waals surface area contributed by atoms with Gasteiger partial charge in [0.2, 0.25) is 0 Å². The van der Waals surface area contributed by atoms with Crippen LogP contribution in [0.4, 0.5) is 0 Å². The summed E-state index contributed by atoms with van der Waals surface area (Å²) in [6.45, 7) is 6.03. The van der Waals surface area contributed by atoms with Crippen molar-refractivity contribution in [2.24, 2.45) is 5.73 Å². The van der Waals surface area contributed by atoms with Crippen LogP contribution in [0.3, 0.4) is 0 Å². The Morgan fingerprint density at radius 1 is 1.11 bits per heavy atom. The number of rotatable bonds is 4. The van der Waals surface area contributed by atoms with Crippen molar-refractivity contribution in [3.8, 4) is 0 Å². The quantitative estimate of drug-likeness (QED) is 0.896. The van der Waals surface area contributed by atoms with E-state index in [1.807, 2.05) is 0 Å². The van der Waals surface area contributed by atoms with Gasteiger partial charge in [0.15, 0.2) is 0 Å². The van der Waals surface area contributed by atoms with E-state index < -0.39 is 0 Å². The first kappa shape index (κ1) is 13.1. The Hall–Kier alpha value is -0.900. The zero-order valence-corrected chi connectivity index (χ0v) is 11.7. The molecule has 0 bridgehead atoms. The van der Waals surface area contributed by atoms with Crippen molar-refractivity contribution in [3.05, 3.63) is 35.9 Å². The van der Waals surface area contributed by atoms with Crippen LogP contribution in [0.25, 0.3) is 0 Å². The minimum atomic E-state index is 0.151. The number of benzene rings is 1. The molecule has 2 saturated heterocycles. The molecule has 3 rings (SSSR count). The topological polar surface area (TPSA) is 32.5 Å². The molecule has 2 atom stereocenters. The molecule has 2 unspecified atom stereocenters. The number of nitrogens with zero attached hydrogens (tertiary/aromatic N) is 2. The smallest absolute Gasteiger partial charge is 0.0424 e. The van der Waals surface area contributed by atoms with E-state index in [0.29, 0.717) is 0 Å². The van der Waals surface area contributed by atoms with Crippen LogP contribution in [-0.2, 0) is 0 Å². The summed E-state index contributed by atoms with van der Waals surface area (Å²) in [5.74, 6) is 0. The first-order valence-electron chi connectivity index (χ1n) is 7.60. The van der Waals surface area contributed by atoms with Crippen LogP contribution in [0.1, 0.15) is 30.9 Å². The largest absolute Gasteiger partial charge is 0.323 e. The molecule has 2 N–H and O–H groups in total. The molecular weight excluding hydrogens is 234 g/mol. The molecule has 2 aliphatic rings. The van der Waals surface area contributed by atoms with Gasteiger partial charge in [-0.05, 0) is 44.5 Å². The van der Waals surface area contributed by atoms with Crippen LogP contribution in [0.2, 0.25) is 0 Å². The second-order valence-electron chi connectivity index (χ2n) is 5.96. The van der Waals surface area contributed by atoms with Gasteiger partial charge in [-0.25, -0.2) is 0 Å². The molecule has 2 fully saturated rings. The van der Waals surface area contributed by atoms with E-state index in [1.54, 1.807) is 0 Å². The lowest BCUT2D eigenvalue weighted by molar-refractivity contribution is 0.228. The predicted molar refractivity (Wildman–Crippen MR) is 79.0 cm³/mol. The third kappa shape index (κ3) is 3.16. The molecule has 0 amide bonds. The lowest BCUT2D eigenvalue weighted by Crippen LogP contribution is -2.37. The zero-order valence-electron chi connectivity index (χ0n) is 11.7. The van der Waals surface area contributed by atoms with Crippen molar-refractivity contribution >= 4 is 0 Å². The molecule has 104 valence electrons. The second kappa shape index (κ2) is 6.04. The molecule has 1 aromatic carbocycles. The maximum atomic E-state index is 6.32. The Morgan fingerprint density at radius 2 is 1.84 bits per heavy atom. The van der Waals surface area contributed by atoms with Gasteiger partial charge in [0.05, 0.1) is 0 Å². The van der Waals surface area contributed by atoms with E-state index in [-0.39, 0.29) is 6.04 Å². The molecule has 0 spiro atoms. The highest BCUT2D eigenvalue weighted by atomic mass is 15.3. The molecule has 0 aromatic heterocycles. The first-order chi connectivity index (χ1) is 9.33. The SMILES string of the molecule is NC(CN1CCC(N2CCCC2)C1)c1ccccc1. The maximum Gasteiger partial charge on any atom is 0.0424 e. The minimum absolute atomic E-state index is 0.151. The van der Waals surface area contributed by atoms with Crippen molar-refractivity contribution in [2.45, 2.75) is 31.3 Å². The number of nitrogens with two attached hydrogens (primary N) is 1. The molecule has 0 saturated carbocycles. The van der Waals surface area contributed by atoms with E-state index in [2.05, 4.69) is 40.1 Å². The van der Waals surface area contributed by atoms with Crippen molar-refractivity contribution in [1.29, 1.82) is 0 Å². The van der Waals surface area contributed by atoms with Crippen molar-refractivity contribution in [2.75, 3.05) is 32.7 Å². The summed E-state index contributed by atoms with van der Waals surface area (Å²) < 4.78 is 0. The predicted octanol–water partition coefficient (Wildman–Crippen LogP) is 1.86. The first-order valence-corrected chi connectivity index (χ1v) is 7.60. The summed E-state index contributed by atoms with van der Waals surface area (Å²) in [5, 5.41) is 0. The van der Waals surface area contributed by atoms with Gasteiger partial charge in [-0.3, -0.25) is 9.80 Å². The highest BCUT2D eigenvalue weighted by Crippen LogP contribution is 2.22. The second-order valence-corrected chi connectivity index (χ2v) is 5.96. The van der Waals surface area contributed by atoms with E-state index in [9.17, 15) is 0 Å². The monoisotopic (exact) mass is 259 g/mol. The van der Waals surface area contributed by atoms with Crippen LogP contribution >= 0.6 is 0 Å². The number of hydrogen-bond acceptors (Lipinski definition) is 3. The van der Waals surface area contributed by atoms with Crippen molar-refractivity contribution < 1.29 is 0 Å². The fourth-order valence-corrected chi connectivity index (χ4v) is 3.47. The van der Waals surface area contributed by atoms with Crippen LogP contribution in [0.5, 0.6) is 0 Å². The molecule has 2 aliphatic heterocycles. The molecular formula is C16H25N3. The maximum absolute atomic E-state index is 6.32. The van der Waals surface area contributed by atoms with Crippen LogP contribution in [-0.4, -0.2) is 48.6 Å². The van der Waals surface area contributed by atoms with E-state index in [1.165, 1.54) is 51.0 Å². The Bertz CT molecular complexity index is 386. The molecule has 3 heteroatoms. The third-order valence-electron chi connectivity index (χ3n) is 4.59. The molecule has 0 aliphatic carbocycles. The molecule has 2 heterocycles. The average molecular weight is 259 g/mol. The highest BCUT2D eigenvalue weighted by molar-refractivity contribution is 5.18. The van der Waals surface area contributed by atoms with Crippen LogP contribution < -0.4 is 5.73 Å². The highest BCUT2D eigenvalue weighted by Gasteiger charge is 2.29. The number of likely N-dealkylation sites (tertiary alicyclic amines) is 2. The van der Waals surface area contributed by atoms with Gasteiger partial charge in [0.1, 0.15) is 0 Å². The lowest BCUT2D eigenvalue weighted by Gasteiger charge is -2.25. The summed E-state index contributed by atoms with van der Waals surface area (Å²) in [7, 11) is 0. The van der Waals surface area contributed by atoms with Gasteiger partial charge in [0, 0.05) is 25.2 Å². The van der Waals surface area contributed by atoms with Gasteiger partial charge in [-0.15, -0.1) is 0 Å². The van der Waals surface area contributed by atoms with E-state index in [0.717, 1.165) is 12.6 Å². The van der Waals surface area contributed by atoms with Gasteiger partial charge in [0.25, 0.3) is 0 Å². The Kier molecular flexibility index (Phi) is 4.16. The van der Waals surface area contributed by atoms with Crippen molar-refractivity contribution in [3.63, 3.8) is 0 Å². The average Bonchev–Trinajstić information content (AvgIpc) is 3.10. The van der Waals surface area contributed by atoms with Gasteiger partial charge in [-0.2, -0.15) is 0 Å². The minimum Gasteiger partial charge on any atom is -0.323 e. The third-order valence-corrected chi connectivity index (χ3v) is 4.59. The fourth-order valence-electron chi connectivity index (χ4n) is 3.47. The summed E-state index contributed by atoms with van der Waals surface area (Å²) >= 11 is 0. The normalized spacial score (nSPS) is 26.9. The lowest BCUT2D eigenvalue weighted by atomic mass is 10.1. The zero-order chi connectivity index (χ0) is 13.1. The fraction of sp³-hybridized carbons (Fsp3) is 0.625. The summed E-state index contributed by atoms with van der Waals surface area (Å²) in [5.41, 5.74) is 7.58. The summed E-state index contributed by atoms with van der Waals surface area (Å²) in [4.78, 5) is 5.22. The van der Waals surface area contributed by atoms with Gasteiger partial charge >= 0.3 is 0 Å². The van der Waals surface area contributed by atoms with Gasteiger partial charge in [-0.1, -0.05) is 30.3 Å². The van der Waals surface area contributed by atoms with E-state index in [4.69, 9.17) is 5.73 Å². The summed E-state index contributed by atoms with van der Waals surface area (Å²) in [6, 6.07) is 11.4. The Labute approximate surface area is 116 Å². The molecule has 19 heavy (non-hydrogen) atoms. The summed E-state index contributed by atoms with van der Waals surface area (Å²) in [6.07, 6.45) is 4.10. The molecule has 1 aromatic rings. The Balaban J connectivity index is 1.51. The standard InChI is InChI=1S/C16H25N3/c17-16(14-6-2-1-3-7-14)13-18-11-8-15(12-18)19-9-4-5-10-19/h1-3,6-7,15-16H,4-5,8-13,17H2.